The maximum Gasteiger partial charge on any atom is 0.273 e. The number of nitrogens with one attached hydrogen (secondary N) is 2. The first-order chi connectivity index (χ1) is 17.8. The van der Waals surface area contributed by atoms with Gasteiger partial charge >= 0.3 is 0 Å². The number of anilines is 1. The van der Waals surface area contributed by atoms with E-state index in [0.717, 1.165) is 41.4 Å². The molecule has 1 saturated heterocycles. The number of hydrogen-bond donors (Lipinski definition) is 2. The van der Waals surface area contributed by atoms with E-state index in [1.54, 1.807) is 24.5 Å². The third kappa shape index (κ3) is 5.35. The lowest BCUT2D eigenvalue weighted by molar-refractivity contribution is 0.0904. The molecule has 2 N–H and O–H groups in total. The Morgan fingerprint density at radius 1 is 1.16 bits per heavy atom. The van der Waals surface area contributed by atoms with Crippen LogP contribution in [0.15, 0.2) is 52.2 Å². The van der Waals surface area contributed by atoms with Gasteiger partial charge in [-0.05, 0) is 37.5 Å². The van der Waals surface area contributed by atoms with E-state index < -0.39 is 15.7 Å². The van der Waals surface area contributed by atoms with Crippen LogP contribution in [0.4, 0.5) is 5.69 Å². The highest BCUT2D eigenvalue weighted by Crippen LogP contribution is 2.34. The van der Waals surface area contributed by atoms with E-state index >= 15 is 0 Å². The third-order valence-corrected chi connectivity index (χ3v) is 7.44. The summed E-state index contributed by atoms with van der Waals surface area (Å²) < 4.78 is 36.3. The molecule has 0 aliphatic carbocycles. The number of amides is 1. The fourth-order valence-corrected chi connectivity index (χ4v) is 4.88. The summed E-state index contributed by atoms with van der Waals surface area (Å²) in [6.07, 6.45) is 7.68. The molecule has 37 heavy (non-hydrogen) atoms. The molecule has 194 valence electrons. The predicted molar refractivity (Wildman–Crippen MR) is 137 cm³/mol. The van der Waals surface area contributed by atoms with Crippen molar-refractivity contribution in [1.82, 2.24) is 25.1 Å². The summed E-state index contributed by atoms with van der Waals surface area (Å²) in [4.78, 5) is 22.0. The van der Waals surface area contributed by atoms with Gasteiger partial charge in [0.2, 0.25) is 5.89 Å². The molecule has 1 aliphatic rings. The molecule has 4 aromatic rings. The van der Waals surface area contributed by atoms with Crippen molar-refractivity contribution in [3.8, 4) is 11.5 Å². The molecule has 5 rings (SSSR count). The van der Waals surface area contributed by atoms with Gasteiger partial charge in [0.25, 0.3) is 5.91 Å². The van der Waals surface area contributed by atoms with Crippen LogP contribution < -0.4 is 10.6 Å². The number of rotatable bonds is 8. The molecule has 12 heteroatoms. The minimum absolute atomic E-state index is 0.129. The van der Waals surface area contributed by atoms with E-state index in [2.05, 4.69) is 25.7 Å². The summed E-state index contributed by atoms with van der Waals surface area (Å²) in [5, 5.41) is 11.7. The van der Waals surface area contributed by atoms with Gasteiger partial charge in [-0.25, -0.2) is 23.1 Å². The van der Waals surface area contributed by atoms with Crippen LogP contribution in [0, 0.1) is 0 Å². The molecule has 3 aromatic heterocycles. The van der Waals surface area contributed by atoms with Crippen molar-refractivity contribution >= 4 is 32.5 Å². The van der Waals surface area contributed by atoms with Gasteiger partial charge in [0, 0.05) is 44.8 Å². The molecule has 0 saturated carbocycles. The quantitative estimate of drug-likeness (QED) is 0.356. The minimum atomic E-state index is -3.28. The van der Waals surface area contributed by atoms with Gasteiger partial charge in [0.05, 0.1) is 27.7 Å². The fraction of sp³-hybridized carbons (Fsp3) is 0.360. The van der Waals surface area contributed by atoms with Crippen molar-refractivity contribution in [3.05, 3.63) is 54.2 Å². The van der Waals surface area contributed by atoms with Gasteiger partial charge in [-0.3, -0.25) is 4.79 Å². The lowest BCUT2D eigenvalue weighted by Crippen LogP contribution is -2.28. The number of pyridine rings is 1. The molecular weight excluding hydrogens is 496 g/mol. The highest BCUT2D eigenvalue weighted by Gasteiger charge is 2.23. The summed E-state index contributed by atoms with van der Waals surface area (Å²) in [6.45, 7) is 4.29. The van der Waals surface area contributed by atoms with Gasteiger partial charge in [-0.2, -0.15) is 5.10 Å². The summed E-state index contributed by atoms with van der Waals surface area (Å²) in [5.41, 5.74) is 3.10. The third-order valence-electron chi connectivity index (χ3n) is 6.31. The number of fused-ring (bicyclic) bond motifs is 1. The van der Waals surface area contributed by atoms with E-state index in [-0.39, 0.29) is 29.1 Å². The van der Waals surface area contributed by atoms with Gasteiger partial charge in [-0.1, -0.05) is 12.1 Å². The Morgan fingerprint density at radius 3 is 2.62 bits per heavy atom. The molecule has 0 radical (unpaired) electrons. The molecule has 11 nitrogen and oxygen atoms in total. The number of benzene rings is 1. The number of carbonyl (C=O) groups excluding carboxylic acids is 1. The Balaban J connectivity index is 1.37. The van der Waals surface area contributed by atoms with E-state index in [1.165, 1.54) is 18.4 Å². The van der Waals surface area contributed by atoms with Crippen LogP contribution in [-0.2, 0) is 27.7 Å². The molecule has 0 bridgehead atoms. The van der Waals surface area contributed by atoms with Gasteiger partial charge in [0.15, 0.2) is 21.2 Å². The molecular formula is C25H28N6O5S. The van der Waals surface area contributed by atoms with Gasteiger partial charge < -0.3 is 19.8 Å². The standard InChI is InChI=1S/C25H28N6O5S/c1-3-31-23-19(14-28-31)22(29-17-8-10-35-11-9-17)20(13-26-23)25-30-21(15-36-25)24(32)27-12-16-4-6-18(7-5-16)37(2,33)34/h4-7,13-15,17H,3,8-12H2,1-2H3,(H,26,29)(H,27,32). The average molecular weight is 525 g/mol. The van der Waals surface area contributed by atoms with E-state index in [0.29, 0.717) is 25.3 Å². The predicted octanol–water partition coefficient (Wildman–Crippen LogP) is 3.03. The number of aryl methyl sites for hydroxylation is 1. The number of oxazole rings is 1. The monoisotopic (exact) mass is 524 g/mol. The molecule has 1 aromatic carbocycles. The molecule has 0 unspecified atom stereocenters. The van der Waals surface area contributed by atoms with Gasteiger partial charge in [0.1, 0.15) is 6.26 Å². The molecule has 4 heterocycles. The van der Waals surface area contributed by atoms with E-state index in [4.69, 9.17) is 9.15 Å². The number of nitrogens with zero attached hydrogens (tertiary/aromatic N) is 4. The van der Waals surface area contributed by atoms with Gasteiger partial charge in [-0.15, -0.1) is 0 Å². The fourth-order valence-electron chi connectivity index (χ4n) is 4.25. The van der Waals surface area contributed by atoms with Crippen molar-refractivity contribution in [3.63, 3.8) is 0 Å². The maximum absolute atomic E-state index is 12.8. The molecule has 0 atom stereocenters. The molecule has 1 aliphatic heterocycles. The molecule has 1 fully saturated rings. The smallest absolute Gasteiger partial charge is 0.273 e. The largest absolute Gasteiger partial charge is 0.443 e. The Bertz CT molecular complexity index is 1520. The minimum Gasteiger partial charge on any atom is -0.443 e. The van der Waals surface area contributed by atoms with Crippen molar-refractivity contribution in [1.29, 1.82) is 0 Å². The first-order valence-corrected chi connectivity index (χ1v) is 13.9. The Kier molecular flexibility index (Phi) is 6.94. The highest BCUT2D eigenvalue weighted by molar-refractivity contribution is 7.90. The maximum atomic E-state index is 12.8. The average Bonchev–Trinajstić information content (AvgIpc) is 3.55. The van der Waals surface area contributed by atoms with Crippen molar-refractivity contribution in [2.24, 2.45) is 0 Å². The number of ether oxygens (including phenoxy) is 1. The van der Waals surface area contributed by atoms with E-state index in [1.807, 2.05) is 11.6 Å². The number of carbonyl (C=O) groups is 1. The molecule has 1 amide bonds. The Hall–Kier alpha value is -3.77. The van der Waals surface area contributed by atoms with Crippen LogP contribution in [0.3, 0.4) is 0 Å². The lowest BCUT2D eigenvalue weighted by Gasteiger charge is -2.25. The lowest BCUT2D eigenvalue weighted by atomic mass is 10.1. The topological polar surface area (TPSA) is 141 Å². The zero-order valence-electron chi connectivity index (χ0n) is 20.6. The van der Waals surface area contributed by atoms with Crippen LogP contribution in [-0.4, -0.2) is 59.6 Å². The van der Waals surface area contributed by atoms with Crippen LogP contribution in [0.1, 0.15) is 35.8 Å². The Morgan fingerprint density at radius 2 is 1.92 bits per heavy atom. The second-order valence-electron chi connectivity index (χ2n) is 8.91. The first-order valence-electron chi connectivity index (χ1n) is 12.1. The highest BCUT2D eigenvalue weighted by atomic mass is 32.2. The summed E-state index contributed by atoms with van der Waals surface area (Å²) in [7, 11) is -3.28. The van der Waals surface area contributed by atoms with Crippen LogP contribution in [0.2, 0.25) is 0 Å². The van der Waals surface area contributed by atoms with Crippen molar-refractivity contribution in [2.75, 3.05) is 24.8 Å². The summed E-state index contributed by atoms with van der Waals surface area (Å²) >= 11 is 0. The van der Waals surface area contributed by atoms with E-state index in [9.17, 15) is 13.2 Å². The Labute approximate surface area is 214 Å². The second kappa shape index (κ2) is 10.3. The zero-order chi connectivity index (χ0) is 26.0. The van der Waals surface area contributed by atoms with Crippen LogP contribution in [0.25, 0.3) is 22.5 Å². The zero-order valence-corrected chi connectivity index (χ0v) is 21.4. The van der Waals surface area contributed by atoms with Crippen LogP contribution >= 0.6 is 0 Å². The molecule has 0 spiro atoms. The van der Waals surface area contributed by atoms with Crippen molar-refractivity contribution in [2.45, 2.75) is 43.8 Å². The number of aromatic nitrogens is 4. The van der Waals surface area contributed by atoms with Crippen molar-refractivity contribution < 1.29 is 22.4 Å². The second-order valence-corrected chi connectivity index (χ2v) is 10.9. The number of sulfone groups is 1. The first kappa shape index (κ1) is 24.9. The normalized spacial score (nSPS) is 14.6. The summed E-state index contributed by atoms with van der Waals surface area (Å²) in [5.74, 6) is -0.134. The summed E-state index contributed by atoms with van der Waals surface area (Å²) in [6, 6.07) is 6.58. The SMILES string of the molecule is CCn1ncc2c(NC3CCOCC3)c(-c3nc(C(=O)NCc4ccc(S(C)(=O)=O)cc4)co3)cnc21. The van der Waals surface area contributed by atoms with Crippen LogP contribution in [0.5, 0.6) is 0 Å². The number of hydrogen-bond acceptors (Lipinski definition) is 9.